The molecule has 2 atom stereocenters. The number of ether oxygens (including phenoxy) is 2. The van der Waals surface area contributed by atoms with Crippen LogP contribution in [0.2, 0.25) is 0 Å². The van der Waals surface area contributed by atoms with Crippen LogP contribution in [0.4, 0.5) is 0 Å². The van der Waals surface area contributed by atoms with Crippen molar-refractivity contribution in [3.63, 3.8) is 0 Å². The molecule has 2 rings (SSSR count). The van der Waals surface area contributed by atoms with Crippen molar-refractivity contribution in [2.75, 3.05) is 27.2 Å². The second-order valence-corrected chi connectivity index (χ2v) is 12.5. The van der Waals surface area contributed by atoms with Gasteiger partial charge in [0.15, 0.2) is 0 Å². The van der Waals surface area contributed by atoms with Crippen molar-refractivity contribution >= 4 is 5.97 Å². The fraction of sp³-hybridized carbons (Fsp3) is 0.639. The molecule has 0 fully saturated rings. The van der Waals surface area contributed by atoms with Gasteiger partial charge in [0.1, 0.15) is 30.9 Å². The summed E-state index contributed by atoms with van der Waals surface area (Å²) in [5, 5.41) is 0. The van der Waals surface area contributed by atoms with E-state index in [-0.39, 0.29) is 24.6 Å². The van der Waals surface area contributed by atoms with Gasteiger partial charge in [0.2, 0.25) is 0 Å². The first-order valence-corrected chi connectivity index (χ1v) is 16.1. The number of carbonyl (C=O) groups is 1. The average Bonchev–Trinajstić information content (AvgIpc) is 2.92. The molecule has 0 amide bonds. The third-order valence-electron chi connectivity index (χ3n) is 7.64. The molecule has 224 valence electrons. The Morgan fingerprint density at radius 3 is 1.95 bits per heavy atom. The van der Waals surface area contributed by atoms with Crippen LogP contribution in [-0.4, -0.2) is 43.8 Å². The molecule has 0 N–H and O–H groups in total. The van der Waals surface area contributed by atoms with Crippen LogP contribution in [0.15, 0.2) is 54.6 Å². The van der Waals surface area contributed by atoms with Gasteiger partial charge in [-0.3, -0.25) is 4.79 Å². The molecule has 2 aromatic carbocycles. The predicted molar refractivity (Wildman–Crippen MR) is 169 cm³/mol. The Bertz CT molecular complexity index is 927. The van der Waals surface area contributed by atoms with Gasteiger partial charge >= 0.3 is 5.97 Å². The number of benzene rings is 2. The van der Waals surface area contributed by atoms with Crippen LogP contribution in [0, 0.1) is 5.92 Å². The lowest BCUT2D eigenvalue weighted by molar-refractivity contribution is -0.905. The van der Waals surface area contributed by atoms with Crippen molar-refractivity contribution in [2.24, 2.45) is 5.92 Å². The zero-order valence-corrected chi connectivity index (χ0v) is 26.3. The molecule has 0 bridgehead atoms. The smallest absolute Gasteiger partial charge is 0.314 e. The van der Waals surface area contributed by atoms with Gasteiger partial charge in [0.05, 0.1) is 20.6 Å². The summed E-state index contributed by atoms with van der Waals surface area (Å²) < 4.78 is 12.5. The van der Waals surface area contributed by atoms with Gasteiger partial charge in [-0.05, 0) is 44.4 Å². The molecule has 0 saturated carbocycles. The molecule has 0 radical (unpaired) electrons. The molecule has 4 nitrogen and oxygen atoms in total. The molecule has 0 heterocycles. The minimum absolute atomic E-state index is 0.157. The van der Waals surface area contributed by atoms with Crippen molar-refractivity contribution in [3.05, 3.63) is 65.7 Å². The highest BCUT2D eigenvalue weighted by Crippen LogP contribution is 2.19. The predicted octanol–water partition coefficient (Wildman–Crippen LogP) is 9.15. The molecule has 0 aliphatic carbocycles. The summed E-state index contributed by atoms with van der Waals surface area (Å²) in [6.45, 7) is 8.07. The Morgan fingerprint density at radius 1 is 0.750 bits per heavy atom. The van der Waals surface area contributed by atoms with E-state index in [1.807, 2.05) is 26.0 Å². The monoisotopic (exact) mass is 552 g/mol. The van der Waals surface area contributed by atoms with E-state index in [1.165, 1.54) is 88.2 Å². The molecule has 2 aromatic rings. The van der Waals surface area contributed by atoms with E-state index >= 15 is 0 Å². The minimum Gasteiger partial charge on any atom is -0.487 e. The van der Waals surface area contributed by atoms with E-state index < -0.39 is 0 Å². The summed E-state index contributed by atoms with van der Waals surface area (Å²) >= 11 is 0. The topological polar surface area (TPSA) is 35.5 Å². The number of nitrogens with zero attached hydrogens (tertiary/aromatic N) is 1. The molecule has 0 aromatic heterocycles. The Labute approximate surface area is 246 Å². The third kappa shape index (κ3) is 15.5. The number of hydrogen-bond donors (Lipinski definition) is 0. The highest BCUT2D eigenvalue weighted by molar-refractivity contribution is 5.72. The molecule has 0 spiro atoms. The summed E-state index contributed by atoms with van der Waals surface area (Å²) in [6.07, 6.45) is 17.4. The molecular weight excluding hydrogens is 494 g/mol. The lowest BCUT2D eigenvalue weighted by Crippen LogP contribution is -2.44. The number of hydrogen-bond acceptors (Lipinski definition) is 3. The summed E-state index contributed by atoms with van der Waals surface area (Å²) in [6, 6.07) is 18.8. The van der Waals surface area contributed by atoms with E-state index in [4.69, 9.17) is 9.47 Å². The standard InChI is InChI=1S/C36H58NO3/c1-6-7-8-9-10-11-12-13-14-15-16-18-22-33-25-21-26-35(27-33)40-32(3)30-39-36(38)31(2)28-37(4,5)29-34-23-19-17-20-24-34/h17,19-21,23-27,31-32H,6-16,18,22,28-30H2,1-5H3/q+1. The molecule has 0 aliphatic heterocycles. The summed E-state index contributed by atoms with van der Waals surface area (Å²) in [5.41, 5.74) is 2.59. The number of quaternary nitrogens is 1. The highest BCUT2D eigenvalue weighted by atomic mass is 16.6. The zero-order valence-electron chi connectivity index (χ0n) is 26.3. The van der Waals surface area contributed by atoms with Crippen molar-refractivity contribution < 1.29 is 18.8 Å². The van der Waals surface area contributed by atoms with Crippen LogP contribution in [0.5, 0.6) is 5.75 Å². The highest BCUT2D eigenvalue weighted by Gasteiger charge is 2.26. The maximum atomic E-state index is 12.7. The lowest BCUT2D eigenvalue weighted by Gasteiger charge is -2.32. The van der Waals surface area contributed by atoms with E-state index in [9.17, 15) is 4.79 Å². The van der Waals surface area contributed by atoms with Gasteiger partial charge < -0.3 is 14.0 Å². The molecule has 2 unspecified atom stereocenters. The third-order valence-corrected chi connectivity index (χ3v) is 7.64. The quantitative estimate of drug-likeness (QED) is 0.0830. The van der Waals surface area contributed by atoms with Gasteiger partial charge in [0.25, 0.3) is 0 Å². The summed E-state index contributed by atoms with van der Waals surface area (Å²) in [5.74, 6) is 0.522. The normalized spacial score (nSPS) is 13.1. The van der Waals surface area contributed by atoms with E-state index in [0.717, 1.165) is 29.7 Å². The Kier molecular flexibility index (Phi) is 16.7. The number of rotatable bonds is 22. The van der Waals surface area contributed by atoms with Crippen molar-refractivity contribution in [1.82, 2.24) is 0 Å². The fourth-order valence-electron chi connectivity index (χ4n) is 5.51. The van der Waals surface area contributed by atoms with Gasteiger partial charge in [-0.2, -0.15) is 0 Å². The summed E-state index contributed by atoms with van der Waals surface area (Å²) in [7, 11) is 4.32. The van der Waals surface area contributed by atoms with Gasteiger partial charge in [-0.25, -0.2) is 0 Å². The number of carbonyl (C=O) groups excluding carboxylic acids is 1. The largest absolute Gasteiger partial charge is 0.487 e. The molecular formula is C36H58NO3+. The Morgan fingerprint density at radius 2 is 1.32 bits per heavy atom. The van der Waals surface area contributed by atoms with E-state index in [0.29, 0.717) is 0 Å². The zero-order chi connectivity index (χ0) is 29.1. The second kappa shape index (κ2) is 19.7. The maximum absolute atomic E-state index is 12.7. The average molecular weight is 553 g/mol. The van der Waals surface area contributed by atoms with Crippen LogP contribution >= 0.6 is 0 Å². The molecule has 0 saturated heterocycles. The Hall–Kier alpha value is -2.33. The van der Waals surface area contributed by atoms with E-state index in [1.54, 1.807) is 0 Å². The maximum Gasteiger partial charge on any atom is 0.314 e. The number of aryl methyl sites for hydroxylation is 1. The van der Waals surface area contributed by atoms with Gasteiger partial charge in [-0.1, -0.05) is 120 Å². The Balaban J connectivity index is 1.59. The van der Waals surface area contributed by atoms with Crippen LogP contribution < -0.4 is 4.74 Å². The SMILES string of the molecule is CCCCCCCCCCCCCCc1cccc(OC(C)COC(=O)C(C)C[N+](C)(C)Cc2ccccc2)c1. The molecule has 40 heavy (non-hydrogen) atoms. The van der Waals surface area contributed by atoms with Crippen molar-refractivity contribution in [3.8, 4) is 5.75 Å². The lowest BCUT2D eigenvalue weighted by atomic mass is 10.0. The molecule has 0 aliphatic rings. The second-order valence-electron chi connectivity index (χ2n) is 12.5. The van der Waals surface area contributed by atoms with Crippen LogP contribution in [0.25, 0.3) is 0 Å². The molecule has 4 heteroatoms. The summed E-state index contributed by atoms with van der Waals surface area (Å²) in [4.78, 5) is 12.7. The van der Waals surface area contributed by atoms with Crippen molar-refractivity contribution in [1.29, 1.82) is 0 Å². The van der Waals surface area contributed by atoms with Crippen LogP contribution in [-0.2, 0) is 22.5 Å². The first kappa shape index (κ1) is 33.9. The first-order valence-electron chi connectivity index (χ1n) is 16.1. The fourth-order valence-corrected chi connectivity index (χ4v) is 5.51. The van der Waals surface area contributed by atoms with Crippen LogP contribution in [0.1, 0.15) is 109 Å². The van der Waals surface area contributed by atoms with Crippen molar-refractivity contribution in [2.45, 2.75) is 117 Å². The minimum atomic E-state index is -0.190. The van der Waals surface area contributed by atoms with Crippen LogP contribution in [0.3, 0.4) is 0 Å². The van der Waals surface area contributed by atoms with Gasteiger partial charge in [0, 0.05) is 5.56 Å². The number of unbranched alkanes of at least 4 members (excludes halogenated alkanes) is 11. The van der Waals surface area contributed by atoms with E-state index in [2.05, 4.69) is 63.5 Å². The van der Waals surface area contributed by atoms with Gasteiger partial charge in [-0.15, -0.1) is 0 Å². The first-order chi connectivity index (χ1) is 19.3. The number of esters is 1.